The molecule has 0 unspecified atom stereocenters. The lowest BCUT2D eigenvalue weighted by Gasteiger charge is -2.38. The highest BCUT2D eigenvalue weighted by Gasteiger charge is 2.39. The summed E-state index contributed by atoms with van der Waals surface area (Å²) in [4.78, 5) is 0.211. The Kier molecular flexibility index (Phi) is 6.06. The summed E-state index contributed by atoms with van der Waals surface area (Å²) in [5, 5.41) is 3.65. The number of hydrogen-bond acceptors (Lipinski definition) is 6. The highest BCUT2D eigenvalue weighted by atomic mass is 32.2. The Bertz CT molecular complexity index is 1390. The Balaban J connectivity index is 1.47. The predicted molar refractivity (Wildman–Crippen MR) is 136 cm³/mol. The summed E-state index contributed by atoms with van der Waals surface area (Å²) < 4.78 is 45.3. The monoisotopic (exact) mass is 492 g/mol. The second-order valence-corrected chi connectivity index (χ2v) is 10.3. The molecule has 2 N–H and O–H groups in total. The number of anilines is 2. The summed E-state index contributed by atoms with van der Waals surface area (Å²) in [6.45, 7) is 0. The van der Waals surface area contributed by atoms with Crippen molar-refractivity contribution in [2.45, 2.75) is 23.3 Å². The van der Waals surface area contributed by atoms with E-state index in [1.807, 2.05) is 24.3 Å². The van der Waals surface area contributed by atoms with Crippen molar-refractivity contribution >= 4 is 21.4 Å². The Morgan fingerprint density at radius 2 is 1.63 bits per heavy atom. The fourth-order valence-electron chi connectivity index (χ4n) is 5.08. The molecule has 0 amide bonds. The molecular formula is C27H28N2O5S. The van der Waals surface area contributed by atoms with E-state index < -0.39 is 10.0 Å². The van der Waals surface area contributed by atoms with E-state index in [1.54, 1.807) is 37.4 Å². The van der Waals surface area contributed by atoms with Gasteiger partial charge in [-0.3, -0.25) is 4.72 Å². The molecule has 3 atom stereocenters. The lowest BCUT2D eigenvalue weighted by molar-refractivity contribution is 0.355. The molecule has 1 aliphatic heterocycles. The van der Waals surface area contributed by atoms with Gasteiger partial charge in [0.15, 0.2) is 11.5 Å². The minimum Gasteiger partial charge on any atom is -0.496 e. The maximum atomic E-state index is 13.3. The van der Waals surface area contributed by atoms with Gasteiger partial charge in [-0.2, -0.15) is 0 Å². The molecule has 5 rings (SSSR count). The van der Waals surface area contributed by atoms with Crippen LogP contribution >= 0.6 is 0 Å². The second-order valence-electron chi connectivity index (χ2n) is 8.64. The molecule has 7 nitrogen and oxygen atoms in total. The van der Waals surface area contributed by atoms with Gasteiger partial charge < -0.3 is 19.5 Å². The zero-order valence-electron chi connectivity index (χ0n) is 19.8. The van der Waals surface area contributed by atoms with Gasteiger partial charge in [-0.15, -0.1) is 0 Å². The van der Waals surface area contributed by atoms with Crippen molar-refractivity contribution in [2.75, 3.05) is 31.4 Å². The Morgan fingerprint density at radius 3 is 2.40 bits per heavy atom. The molecule has 182 valence electrons. The first-order valence-corrected chi connectivity index (χ1v) is 12.9. The summed E-state index contributed by atoms with van der Waals surface area (Å²) in [6, 6.07) is 18.3. The van der Waals surface area contributed by atoms with E-state index in [4.69, 9.17) is 14.2 Å². The molecule has 0 radical (unpaired) electrons. The second kappa shape index (κ2) is 9.19. The Hall–Kier alpha value is -3.65. The third-order valence-electron chi connectivity index (χ3n) is 6.75. The van der Waals surface area contributed by atoms with Crippen molar-refractivity contribution < 1.29 is 22.6 Å². The van der Waals surface area contributed by atoms with Gasteiger partial charge in [0.2, 0.25) is 0 Å². The average Bonchev–Trinajstić information content (AvgIpc) is 3.38. The average molecular weight is 493 g/mol. The lowest BCUT2D eigenvalue weighted by atomic mass is 9.77. The molecule has 0 fully saturated rings. The SMILES string of the molecule is COc1ccc(NS(=O)(=O)c2ccc3c(c2)[C@H]2C=CC[C@H]2[C@@H](c2ccccc2OC)N3)cc1OC. The van der Waals surface area contributed by atoms with Gasteiger partial charge in [0, 0.05) is 23.2 Å². The molecule has 0 saturated carbocycles. The summed E-state index contributed by atoms with van der Waals surface area (Å²) in [7, 11) is 0.912. The summed E-state index contributed by atoms with van der Waals surface area (Å²) >= 11 is 0. The van der Waals surface area contributed by atoms with E-state index in [2.05, 4.69) is 28.3 Å². The molecule has 0 spiro atoms. The maximum Gasteiger partial charge on any atom is 0.261 e. The molecule has 2 aliphatic rings. The van der Waals surface area contributed by atoms with E-state index in [1.165, 1.54) is 14.2 Å². The van der Waals surface area contributed by atoms with Gasteiger partial charge in [0.05, 0.1) is 38.0 Å². The van der Waals surface area contributed by atoms with Crippen LogP contribution in [0.25, 0.3) is 0 Å². The molecule has 0 saturated heterocycles. The number of hydrogen-bond donors (Lipinski definition) is 2. The van der Waals surface area contributed by atoms with Gasteiger partial charge in [-0.1, -0.05) is 30.4 Å². The van der Waals surface area contributed by atoms with E-state index in [0.29, 0.717) is 17.2 Å². The van der Waals surface area contributed by atoms with Gasteiger partial charge in [-0.05, 0) is 54.3 Å². The number of benzene rings is 3. The topological polar surface area (TPSA) is 85.9 Å². The van der Waals surface area contributed by atoms with Crippen LogP contribution in [0.4, 0.5) is 11.4 Å². The van der Waals surface area contributed by atoms with Crippen LogP contribution in [-0.2, 0) is 10.0 Å². The van der Waals surface area contributed by atoms with Crippen LogP contribution < -0.4 is 24.2 Å². The van der Waals surface area contributed by atoms with Crippen LogP contribution in [0.5, 0.6) is 17.2 Å². The Morgan fingerprint density at radius 1 is 0.857 bits per heavy atom. The highest BCUT2D eigenvalue weighted by Crippen LogP contribution is 2.51. The number of sulfonamides is 1. The number of allylic oxidation sites excluding steroid dienone is 2. The third kappa shape index (κ3) is 4.18. The lowest BCUT2D eigenvalue weighted by Crippen LogP contribution is -2.29. The summed E-state index contributed by atoms with van der Waals surface area (Å²) in [6.07, 6.45) is 5.27. The minimum atomic E-state index is -3.81. The van der Waals surface area contributed by atoms with Gasteiger partial charge >= 0.3 is 0 Å². The molecule has 0 aromatic heterocycles. The first-order valence-electron chi connectivity index (χ1n) is 11.4. The van der Waals surface area contributed by atoms with Gasteiger partial charge in [-0.25, -0.2) is 8.42 Å². The number of fused-ring (bicyclic) bond motifs is 3. The van der Waals surface area contributed by atoms with Crippen molar-refractivity contribution in [1.82, 2.24) is 0 Å². The molecule has 8 heteroatoms. The van der Waals surface area contributed by atoms with Crippen LogP contribution in [0.2, 0.25) is 0 Å². The smallest absolute Gasteiger partial charge is 0.261 e. The largest absolute Gasteiger partial charge is 0.496 e. The number of para-hydroxylation sites is 1. The fraction of sp³-hybridized carbons (Fsp3) is 0.259. The van der Waals surface area contributed by atoms with Crippen LogP contribution in [-0.4, -0.2) is 29.7 Å². The van der Waals surface area contributed by atoms with Crippen LogP contribution in [0, 0.1) is 5.92 Å². The van der Waals surface area contributed by atoms with Gasteiger partial charge in [0.1, 0.15) is 5.75 Å². The van der Waals surface area contributed by atoms with Crippen LogP contribution in [0.3, 0.4) is 0 Å². The van der Waals surface area contributed by atoms with Crippen molar-refractivity contribution in [1.29, 1.82) is 0 Å². The fourth-order valence-corrected chi connectivity index (χ4v) is 6.17. The van der Waals surface area contributed by atoms with Crippen LogP contribution in [0.15, 0.2) is 77.7 Å². The molecule has 3 aromatic carbocycles. The minimum absolute atomic E-state index is 0.0611. The van der Waals surface area contributed by atoms with Crippen molar-refractivity contribution in [3.63, 3.8) is 0 Å². The standard InChI is InChI=1S/C27H28N2O5S/c1-32-24-10-5-4-7-21(24)27-20-9-6-8-19(20)22-16-18(12-13-23(22)28-27)35(30,31)29-17-11-14-25(33-2)26(15-17)34-3/h4-8,10-16,19-20,27-29H,9H2,1-3H3/t19-,20+,27-/m0/s1. The quantitative estimate of drug-likeness (QED) is 0.433. The number of nitrogens with one attached hydrogen (secondary N) is 2. The molecular weight excluding hydrogens is 464 g/mol. The van der Waals surface area contributed by atoms with E-state index in [-0.39, 0.29) is 22.8 Å². The van der Waals surface area contributed by atoms with Crippen LogP contribution in [0.1, 0.15) is 29.5 Å². The molecule has 1 heterocycles. The summed E-state index contributed by atoms with van der Waals surface area (Å²) in [5.41, 5.74) is 3.41. The molecule has 1 aliphatic carbocycles. The first-order chi connectivity index (χ1) is 16.9. The zero-order chi connectivity index (χ0) is 24.6. The first kappa shape index (κ1) is 23.1. The van der Waals surface area contributed by atoms with Gasteiger partial charge in [0.25, 0.3) is 10.0 Å². The van der Waals surface area contributed by atoms with E-state index in [9.17, 15) is 8.42 Å². The normalized spacial score (nSPS) is 20.4. The Labute approximate surface area is 205 Å². The number of methoxy groups -OCH3 is 3. The van der Waals surface area contributed by atoms with Crippen molar-refractivity contribution in [3.05, 3.63) is 83.9 Å². The molecule has 35 heavy (non-hydrogen) atoms. The van der Waals surface area contributed by atoms with Crippen molar-refractivity contribution in [2.24, 2.45) is 5.92 Å². The predicted octanol–water partition coefficient (Wildman–Crippen LogP) is 5.34. The maximum absolute atomic E-state index is 13.3. The summed E-state index contributed by atoms with van der Waals surface area (Å²) in [5.74, 6) is 2.19. The number of rotatable bonds is 7. The molecule has 3 aromatic rings. The third-order valence-corrected chi connectivity index (χ3v) is 8.13. The number of ether oxygens (including phenoxy) is 3. The highest BCUT2D eigenvalue weighted by molar-refractivity contribution is 7.92. The van der Waals surface area contributed by atoms with E-state index >= 15 is 0 Å². The zero-order valence-corrected chi connectivity index (χ0v) is 20.6. The van der Waals surface area contributed by atoms with Crippen molar-refractivity contribution in [3.8, 4) is 17.2 Å². The molecule has 0 bridgehead atoms. The van der Waals surface area contributed by atoms with E-state index in [0.717, 1.165) is 29.0 Å².